The van der Waals surface area contributed by atoms with E-state index in [1.807, 2.05) is 6.92 Å². The summed E-state index contributed by atoms with van der Waals surface area (Å²) in [5, 5.41) is 5.50. The number of carbonyl (C=O) groups excluding carboxylic acids is 3. The second kappa shape index (κ2) is 12.4. The molecule has 1 atom stereocenters. The van der Waals surface area contributed by atoms with Crippen molar-refractivity contribution in [3.63, 3.8) is 0 Å². The summed E-state index contributed by atoms with van der Waals surface area (Å²) in [7, 11) is 1.49. The molecule has 0 saturated carbocycles. The summed E-state index contributed by atoms with van der Waals surface area (Å²) >= 11 is 6.13. The number of methoxy groups -OCH3 is 1. The van der Waals surface area contributed by atoms with Crippen LogP contribution in [0.2, 0.25) is 5.02 Å². The van der Waals surface area contributed by atoms with Crippen LogP contribution in [-0.4, -0.2) is 38.0 Å². The summed E-state index contributed by atoms with van der Waals surface area (Å²) in [6.45, 7) is 1.96. The standard InChI is InChI=1S/C26H25ClN2O6/c1-3-34-20-12-9-18(10-13-20)25(31)28-16-23(30)35-24(17-7-5-4-6-8-17)26(32)29-19-11-14-22(33-2)21(27)15-19/h4-15,24H,3,16H2,1-2H3,(H,28,31)(H,29,32). The molecule has 0 bridgehead atoms. The largest absolute Gasteiger partial charge is 0.495 e. The Kier molecular flexibility index (Phi) is 9.09. The SMILES string of the molecule is CCOc1ccc(C(=O)NCC(=O)OC(C(=O)Nc2ccc(OC)c(Cl)c2)c2ccccc2)cc1. The van der Waals surface area contributed by atoms with Gasteiger partial charge in [-0.1, -0.05) is 41.9 Å². The molecule has 2 amide bonds. The first-order valence-corrected chi connectivity index (χ1v) is 11.2. The van der Waals surface area contributed by atoms with Gasteiger partial charge < -0.3 is 24.8 Å². The van der Waals surface area contributed by atoms with Crippen molar-refractivity contribution in [1.82, 2.24) is 5.32 Å². The average molecular weight is 497 g/mol. The number of nitrogens with one attached hydrogen (secondary N) is 2. The summed E-state index contributed by atoms with van der Waals surface area (Å²) in [5.74, 6) is -0.722. The van der Waals surface area contributed by atoms with Crippen LogP contribution in [-0.2, 0) is 14.3 Å². The van der Waals surface area contributed by atoms with Crippen molar-refractivity contribution in [2.45, 2.75) is 13.0 Å². The monoisotopic (exact) mass is 496 g/mol. The van der Waals surface area contributed by atoms with E-state index in [0.717, 1.165) is 0 Å². The molecule has 0 heterocycles. The van der Waals surface area contributed by atoms with E-state index in [4.69, 9.17) is 25.8 Å². The van der Waals surface area contributed by atoms with E-state index in [2.05, 4.69) is 10.6 Å². The number of hydrogen-bond donors (Lipinski definition) is 2. The summed E-state index contributed by atoms with van der Waals surface area (Å²) in [5.41, 5.74) is 1.23. The van der Waals surface area contributed by atoms with Crippen LogP contribution >= 0.6 is 11.6 Å². The number of ether oxygens (including phenoxy) is 3. The van der Waals surface area contributed by atoms with Crippen LogP contribution < -0.4 is 20.1 Å². The Labute approximate surface area is 208 Å². The first-order valence-electron chi connectivity index (χ1n) is 10.8. The molecule has 0 aliphatic carbocycles. The fourth-order valence-corrected chi connectivity index (χ4v) is 3.41. The third-order valence-corrected chi connectivity index (χ3v) is 5.13. The fraction of sp³-hybridized carbons (Fsp3) is 0.192. The van der Waals surface area contributed by atoms with Crippen LogP contribution in [0.5, 0.6) is 11.5 Å². The van der Waals surface area contributed by atoms with Crippen molar-refractivity contribution >= 4 is 35.1 Å². The van der Waals surface area contributed by atoms with Gasteiger partial charge in [0.1, 0.15) is 18.0 Å². The summed E-state index contributed by atoms with van der Waals surface area (Å²) in [4.78, 5) is 37.9. The van der Waals surface area contributed by atoms with Crippen molar-refractivity contribution in [2.24, 2.45) is 0 Å². The molecule has 0 aliphatic heterocycles. The number of esters is 1. The number of benzene rings is 3. The molecule has 0 fully saturated rings. The highest BCUT2D eigenvalue weighted by molar-refractivity contribution is 6.32. The van der Waals surface area contributed by atoms with Crippen molar-refractivity contribution in [3.8, 4) is 11.5 Å². The third-order valence-electron chi connectivity index (χ3n) is 4.83. The van der Waals surface area contributed by atoms with Crippen LogP contribution in [0.15, 0.2) is 72.8 Å². The van der Waals surface area contributed by atoms with E-state index in [0.29, 0.717) is 39.9 Å². The average Bonchev–Trinajstić information content (AvgIpc) is 2.87. The maximum absolute atomic E-state index is 13.0. The minimum absolute atomic E-state index is 0.315. The molecule has 0 aliphatic rings. The van der Waals surface area contributed by atoms with Crippen LogP contribution in [0, 0.1) is 0 Å². The molecule has 182 valence electrons. The first-order chi connectivity index (χ1) is 16.9. The molecule has 0 aromatic heterocycles. The van der Waals surface area contributed by atoms with Gasteiger partial charge >= 0.3 is 5.97 Å². The third kappa shape index (κ3) is 7.22. The maximum Gasteiger partial charge on any atom is 0.326 e. The van der Waals surface area contributed by atoms with Crippen LogP contribution in [0.4, 0.5) is 5.69 Å². The van der Waals surface area contributed by atoms with Crippen LogP contribution in [0.25, 0.3) is 0 Å². The van der Waals surface area contributed by atoms with Gasteiger partial charge in [0.2, 0.25) is 6.10 Å². The van der Waals surface area contributed by atoms with Gasteiger partial charge in [-0.15, -0.1) is 0 Å². The lowest BCUT2D eigenvalue weighted by Gasteiger charge is -2.18. The molecule has 0 radical (unpaired) electrons. The zero-order valence-electron chi connectivity index (χ0n) is 19.2. The van der Waals surface area contributed by atoms with Crippen molar-refractivity contribution < 1.29 is 28.6 Å². The molecule has 3 rings (SSSR count). The van der Waals surface area contributed by atoms with Crippen LogP contribution in [0.1, 0.15) is 28.9 Å². The summed E-state index contributed by atoms with van der Waals surface area (Å²) in [6, 6.07) is 19.8. The highest BCUT2D eigenvalue weighted by Crippen LogP contribution is 2.28. The molecule has 35 heavy (non-hydrogen) atoms. The van der Waals surface area contributed by atoms with Crippen molar-refractivity contribution in [2.75, 3.05) is 25.6 Å². The van der Waals surface area contributed by atoms with Gasteiger partial charge in [0, 0.05) is 16.8 Å². The lowest BCUT2D eigenvalue weighted by molar-refractivity contribution is -0.153. The molecular weight excluding hydrogens is 472 g/mol. The summed E-state index contributed by atoms with van der Waals surface area (Å²) in [6.07, 6.45) is -1.24. The Morgan fingerprint density at radius 3 is 2.31 bits per heavy atom. The molecular formula is C26H25ClN2O6. The minimum atomic E-state index is -1.24. The minimum Gasteiger partial charge on any atom is -0.495 e. The van der Waals surface area contributed by atoms with E-state index < -0.39 is 30.4 Å². The molecule has 0 spiro atoms. The molecule has 3 aromatic carbocycles. The Morgan fingerprint density at radius 2 is 1.69 bits per heavy atom. The Hall–Kier alpha value is -4.04. The predicted octanol–water partition coefficient (Wildman–Crippen LogP) is 4.40. The lowest BCUT2D eigenvalue weighted by atomic mass is 10.1. The van der Waals surface area contributed by atoms with Crippen molar-refractivity contribution in [1.29, 1.82) is 0 Å². The first kappa shape index (κ1) is 25.6. The van der Waals surface area contributed by atoms with E-state index in [1.54, 1.807) is 66.7 Å². The molecule has 1 unspecified atom stereocenters. The summed E-state index contributed by atoms with van der Waals surface area (Å²) < 4.78 is 15.9. The number of anilines is 1. The molecule has 3 aromatic rings. The number of carbonyl (C=O) groups is 3. The van der Waals surface area contributed by atoms with Crippen LogP contribution in [0.3, 0.4) is 0 Å². The normalized spacial score (nSPS) is 11.2. The topological polar surface area (TPSA) is 103 Å². The molecule has 2 N–H and O–H groups in total. The highest BCUT2D eigenvalue weighted by atomic mass is 35.5. The number of halogens is 1. The van der Waals surface area contributed by atoms with Gasteiger partial charge in [-0.05, 0) is 49.4 Å². The zero-order chi connectivity index (χ0) is 25.2. The second-order valence-corrected chi connectivity index (χ2v) is 7.67. The zero-order valence-corrected chi connectivity index (χ0v) is 20.0. The van der Waals surface area contributed by atoms with E-state index >= 15 is 0 Å². The van der Waals surface area contributed by atoms with Gasteiger partial charge in [-0.2, -0.15) is 0 Å². The predicted molar refractivity (Wildman–Crippen MR) is 132 cm³/mol. The number of amides is 2. The lowest BCUT2D eigenvalue weighted by Crippen LogP contribution is -2.33. The van der Waals surface area contributed by atoms with Gasteiger partial charge in [0.25, 0.3) is 11.8 Å². The second-order valence-electron chi connectivity index (χ2n) is 7.26. The Morgan fingerprint density at radius 1 is 0.971 bits per heavy atom. The van der Waals surface area contributed by atoms with Gasteiger partial charge in [-0.25, -0.2) is 0 Å². The molecule has 0 saturated heterocycles. The van der Waals surface area contributed by atoms with Gasteiger partial charge in [0.15, 0.2) is 0 Å². The van der Waals surface area contributed by atoms with E-state index in [-0.39, 0.29) is 0 Å². The fourth-order valence-electron chi connectivity index (χ4n) is 3.15. The molecule has 9 heteroatoms. The quantitative estimate of drug-likeness (QED) is 0.403. The number of hydrogen-bond acceptors (Lipinski definition) is 6. The van der Waals surface area contributed by atoms with E-state index in [1.165, 1.54) is 13.2 Å². The maximum atomic E-state index is 13.0. The highest BCUT2D eigenvalue weighted by Gasteiger charge is 2.25. The van der Waals surface area contributed by atoms with E-state index in [9.17, 15) is 14.4 Å². The van der Waals surface area contributed by atoms with Crippen molar-refractivity contribution in [3.05, 3.63) is 88.9 Å². The van der Waals surface area contributed by atoms with Gasteiger partial charge in [-0.3, -0.25) is 14.4 Å². The van der Waals surface area contributed by atoms with Gasteiger partial charge in [0.05, 0.1) is 18.7 Å². The number of rotatable bonds is 10. The Balaban J connectivity index is 1.65. The molecule has 8 nitrogen and oxygen atoms in total. The Bertz CT molecular complexity index is 1170. The smallest absolute Gasteiger partial charge is 0.326 e.